The summed E-state index contributed by atoms with van der Waals surface area (Å²) in [5, 5.41) is 0. The molecule has 96 valence electrons. The second-order valence-electron chi connectivity index (χ2n) is 4.06. The van der Waals surface area contributed by atoms with E-state index in [4.69, 9.17) is 11.6 Å². The zero-order chi connectivity index (χ0) is 13.1. The van der Waals surface area contributed by atoms with Gasteiger partial charge >= 0.3 is 0 Å². The molecule has 0 saturated carbocycles. The first-order valence-corrected chi connectivity index (χ1v) is 7.52. The van der Waals surface area contributed by atoms with E-state index in [1.165, 1.54) is 4.31 Å². The molecule has 0 radical (unpaired) electrons. The number of aryl methyl sites for hydroxylation is 1. The van der Waals surface area contributed by atoms with Crippen molar-refractivity contribution < 1.29 is 8.42 Å². The molecule has 1 aromatic rings. The monoisotopic (exact) mass is 275 g/mol. The van der Waals surface area contributed by atoms with Gasteiger partial charge in [0.05, 0.1) is 4.90 Å². The zero-order valence-corrected chi connectivity index (χ0v) is 12.0. The van der Waals surface area contributed by atoms with Crippen LogP contribution in [0, 0.1) is 6.92 Å². The van der Waals surface area contributed by atoms with Gasteiger partial charge in [-0.25, -0.2) is 12.7 Å². The Morgan fingerprint density at radius 1 is 1.35 bits per heavy atom. The molecule has 0 aliphatic carbocycles. The van der Waals surface area contributed by atoms with Gasteiger partial charge in [0, 0.05) is 19.5 Å². The van der Waals surface area contributed by atoms with E-state index in [0.29, 0.717) is 17.3 Å². The Balaban J connectivity index is 3.22. The highest BCUT2D eigenvalue weighted by Gasteiger charge is 2.22. The minimum atomic E-state index is -3.39. The molecule has 3 nitrogen and oxygen atoms in total. The van der Waals surface area contributed by atoms with Gasteiger partial charge in [-0.1, -0.05) is 19.1 Å². The second kappa shape index (κ2) is 5.85. The molecule has 0 fully saturated rings. The number of halogens is 1. The standard InChI is InChI=1S/C12H18ClNO2S/c1-4-7-14(3)17(15,16)12-8-11(9-13)6-5-10(12)2/h5-6,8H,4,7,9H2,1-3H3. The van der Waals surface area contributed by atoms with Gasteiger partial charge in [0.1, 0.15) is 0 Å². The Morgan fingerprint density at radius 2 is 2.00 bits per heavy atom. The molecule has 0 amide bonds. The lowest BCUT2D eigenvalue weighted by Crippen LogP contribution is -2.28. The average Bonchev–Trinajstić information content (AvgIpc) is 2.29. The Kier molecular flexibility index (Phi) is 4.98. The molecule has 5 heteroatoms. The van der Waals surface area contributed by atoms with Crippen LogP contribution in [0.4, 0.5) is 0 Å². The highest BCUT2D eigenvalue weighted by atomic mass is 35.5. The molecular formula is C12H18ClNO2S. The average molecular weight is 276 g/mol. The van der Waals surface area contributed by atoms with Crippen LogP contribution in [0.1, 0.15) is 24.5 Å². The molecule has 0 saturated heterocycles. The molecule has 0 N–H and O–H groups in total. The van der Waals surface area contributed by atoms with Crippen molar-refractivity contribution in [2.24, 2.45) is 0 Å². The lowest BCUT2D eigenvalue weighted by atomic mass is 10.2. The van der Waals surface area contributed by atoms with Crippen LogP contribution in [-0.4, -0.2) is 26.3 Å². The van der Waals surface area contributed by atoms with Crippen molar-refractivity contribution in [2.75, 3.05) is 13.6 Å². The number of hydrogen-bond acceptors (Lipinski definition) is 2. The zero-order valence-electron chi connectivity index (χ0n) is 10.4. The normalized spacial score (nSPS) is 12.1. The van der Waals surface area contributed by atoms with Crippen LogP contribution >= 0.6 is 11.6 Å². The van der Waals surface area contributed by atoms with Gasteiger partial charge in [0.2, 0.25) is 10.0 Å². The Labute approximate surface area is 108 Å². The maximum atomic E-state index is 12.3. The van der Waals surface area contributed by atoms with Gasteiger partial charge in [0.15, 0.2) is 0 Å². The van der Waals surface area contributed by atoms with Crippen molar-refractivity contribution in [3.8, 4) is 0 Å². The summed E-state index contributed by atoms with van der Waals surface area (Å²) in [4.78, 5) is 0.353. The van der Waals surface area contributed by atoms with Gasteiger partial charge < -0.3 is 0 Å². The molecule has 0 spiro atoms. The quantitative estimate of drug-likeness (QED) is 0.775. The largest absolute Gasteiger partial charge is 0.243 e. The number of hydrogen-bond donors (Lipinski definition) is 0. The van der Waals surface area contributed by atoms with E-state index in [0.717, 1.165) is 17.5 Å². The van der Waals surface area contributed by atoms with Crippen molar-refractivity contribution in [3.05, 3.63) is 29.3 Å². The molecule has 0 heterocycles. The summed E-state index contributed by atoms with van der Waals surface area (Å²) in [6, 6.07) is 5.30. The van der Waals surface area contributed by atoms with Gasteiger partial charge in [0.25, 0.3) is 0 Å². The molecule has 1 rings (SSSR count). The molecule has 0 aliphatic heterocycles. The number of sulfonamides is 1. The topological polar surface area (TPSA) is 37.4 Å². The Bertz CT molecular complexity index is 485. The number of nitrogens with zero attached hydrogens (tertiary/aromatic N) is 1. The summed E-state index contributed by atoms with van der Waals surface area (Å²) in [5.41, 5.74) is 1.57. The summed E-state index contributed by atoms with van der Waals surface area (Å²) in [7, 11) is -1.79. The van der Waals surface area contributed by atoms with Crippen LogP contribution in [0.2, 0.25) is 0 Å². The third-order valence-corrected chi connectivity index (χ3v) is 4.94. The number of alkyl halides is 1. The predicted molar refractivity (Wildman–Crippen MR) is 70.8 cm³/mol. The van der Waals surface area contributed by atoms with Crippen LogP contribution in [-0.2, 0) is 15.9 Å². The first-order chi connectivity index (χ1) is 7.93. The van der Waals surface area contributed by atoms with Gasteiger partial charge in [-0.2, -0.15) is 0 Å². The van der Waals surface area contributed by atoms with Crippen LogP contribution in [0.5, 0.6) is 0 Å². The third kappa shape index (κ3) is 3.21. The molecule has 0 bridgehead atoms. The fraction of sp³-hybridized carbons (Fsp3) is 0.500. The molecular weight excluding hydrogens is 258 g/mol. The summed E-state index contributed by atoms with van der Waals surface area (Å²) in [6.45, 7) is 4.27. The van der Waals surface area contributed by atoms with Crippen molar-refractivity contribution in [2.45, 2.75) is 31.0 Å². The number of benzene rings is 1. The first kappa shape index (κ1) is 14.5. The minimum absolute atomic E-state index is 0.320. The van der Waals surface area contributed by atoms with E-state index in [1.807, 2.05) is 13.0 Å². The highest BCUT2D eigenvalue weighted by molar-refractivity contribution is 7.89. The summed E-state index contributed by atoms with van der Waals surface area (Å²) in [6.07, 6.45) is 0.796. The van der Waals surface area contributed by atoms with Crippen LogP contribution in [0.15, 0.2) is 23.1 Å². The second-order valence-corrected chi connectivity index (χ2v) is 6.34. The Hall–Kier alpha value is -0.580. The summed E-state index contributed by atoms with van der Waals surface area (Å²) >= 11 is 5.73. The maximum Gasteiger partial charge on any atom is 0.243 e. The first-order valence-electron chi connectivity index (χ1n) is 5.55. The van der Waals surface area contributed by atoms with Crippen molar-refractivity contribution in [1.82, 2.24) is 4.31 Å². The molecule has 0 unspecified atom stereocenters. The third-order valence-electron chi connectivity index (χ3n) is 2.63. The fourth-order valence-corrected chi connectivity index (χ4v) is 3.31. The van der Waals surface area contributed by atoms with E-state index < -0.39 is 10.0 Å². The molecule has 0 aromatic heterocycles. The van der Waals surface area contributed by atoms with E-state index >= 15 is 0 Å². The lowest BCUT2D eigenvalue weighted by molar-refractivity contribution is 0.468. The van der Waals surface area contributed by atoms with E-state index in [9.17, 15) is 8.42 Å². The van der Waals surface area contributed by atoms with Crippen molar-refractivity contribution in [1.29, 1.82) is 0 Å². The molecule has 0 aliphatic rings. The van der Waals surface area contributed by atoms with Gasteiger partial charge in [-0.15, -0.1) is 11.6 Å². The molecule has 0 atom stereocenters. The lowest BCUT2D eigenvalue weighted by Gasteiger charge is -2.18. The summed E-state index contributed by atoms with van der Waals surface area (Å²) < 4.78 is 26.0. The highest BCUT2D eigenvalue weighted by Crippen LogP contribution is 2.21. The van der Waals surface area contributed by atoms with E-state index in [-0.39, 0.29) is 0 Å². The van der Waals surface area contributed by atoms with Gasteiger partial charge in [-0.3, -0.25) is 0 Å². The smallest absolute Gasteiger partial charge is 0.207 e. The van der Waals surface area contributed by atoms with Crippen LogP contribution < -0.4 is 0 Å². The molecule has 17 heavy (non-hydrogen) atoms. The minimum Gasteiger partial charge on any atom is -0.207 e. The molecule has 1 aromatic carbocycles. The Morgan fingerprint density at radius 3 is 2.53 bits per heavy atom. The van der Waals surface area contributed by atoms with E-state index in [1.54, 1.807) is 26.1 Å². The summed E-state index contributed by atoms with van der Waals surface area (Å²) in [5.74, 6) is 0.320. The van der Waals surface area contributed by atoms with E-state index in [2.05, 4.69) is 0 Å². The van der Waals surface area contributed by atoms with Crippen LogP contribution in [0.3, 0.4) is 0 Å². The SMILES string of the molecule is CCCN(C)S(=O)(=O)c1cc(CCl)ccc1C. The number of rotatable bonds is 5. The van der Waals surface area contributed by atoms with Gasteiger partial charge in [-0.05, 0) is 30.5 Å². The fourth-order valence-electron chi connectivity index (χ4n) is 1.61. The maximum absolute atomic E-state index is 12.3. The van der Waals surface area contributed by atoms with Crippen molar-refractivity contribution >= 4 is 21.6 Å². The van der Waals surface area contributed by atoms with Crippen LogP contribution in [0.25, 0.3) is 0 Å². The predicted octanol–water partition coefficient (Wildman–Crippen LogP) is 2.76. The van der Waals surface area contributed by atoms with Crippen molar-refractivity contribution in [3.63, 3.8) is 0 Å².